The zero-order valence-corrected chi connectivity index (χ0v) is 16.0. The number of benzene rings is 2. The molecule has 140 valence electrons. The van der Waals surface area contributed by atoms with Crippen LogP contribution in [0.2, 0.25) is 0 Å². The van der Waals surface area contributed by atoms with E-state index >= 15 is 0 Å². The summed E-state index contributed by atoms with van der Waals surface area (Å²) in [5.74, 6) is 2.17. The summed E-state index contributed by atoms with van der Waals surface area (Å²) in [6.07, 6.45) is 2.54. The van der Waals surface area contributed by atoms with Crippen molar-refractivity contribution >= 4 is 17.5 Å². The lowest BCUT2D eigenvalue weighted by atomic mass is 10.1. The zero-order valence-electron chi connectivity index (χ0n) is 16.0. The molecule has 0 fully saturated rings. The SMILES string of the molecule is CCN(c1cccc(C)c1)c1cnnc(NCCc2cccc(OC)c2)n1. The van der Waals surface area contributed by atoms with Gasteiger partial charge >= 0.3 is 0 Å². The second kappa shape index (κ2) is 8.98. The van der Waals surface area contributed by atoms with E-state index in [0.29, 0.717) is 5.95 Å². The number of hydrogen-bond acceptors (Lipinski definition) is 6. The van der Waals surface area contributed by atoms with E-state index in [1.807, 2.05) is 18.2 Å². The lowest BCUT2D eigenvalue weighted by Crippen LogP contribution is -2.19. The number of nitrogens with zero attached hydrogens (tertiary/aromatic N) is 4. The number of rotatable bonds is 8. The molecule has 0 amide bonds. The Morgan fingerprint density at radius 1 is 1.11 bits per heavy atom. The van der Waals surface area contributed by atoms with Crippen molar-refractivity contribution < 1.29 is 4.74 Å². The molecule has 3 aromatic rings. The van der Waals surface area contributed by atoms with Crippen LogP contribution in [0.1, 0.15) is 18.1 Å². The Kier molecular flexibility index (Phi) is 6.20. The summed E-state index contributed by atoms with van der Waals surface area (Å²) in [5, 5.41) is 11.5. The zero-order chi connectivity index (χ0) is 19.1. The first-order chi connectivity index (χ1) is 13.2. The highest BCUT2D eigenvalue weighted by Gasteiger charge is 2.11. The topological polar surface area (TPSA) is 63.2 Å². The fraction of sp³-hybridized carbons (Fsp3) is 0.286. The van der Waals surface area contributed by atoms with Crippen LogP contribution in [0, 0.1) is 6.92 Å². The van der Waals surface area contributed by atoms with Gasteiger partial charge in [-0.05, 0) is 55.7 Å². The van der Waals surface area contributed by atoms with Crippen LogP contribution in [-0.4, -0.2) is 35.4 Å². The molecule has 0 radical (unpaired) electrons. The fourth-order valence-electron chi connectivity index (χ4n) is 2.92. The second-order valence-electron chi connectivity index (χ2n) is 6.25. The van der Waals surface area contributed by atoms with Crippen LogP contribution in [0.25, 0.3) is 0 Å². The van der Waals surface area contributed by atoms with Crippen molar-refractivity contribution in [2.75, 3.05) is 30.4 Å². The average Bonchev–Trinajstić information content (AvgIpc) is 2.69. The van der Waals surface area contributed by atoms with Gasteiger partial charge in [0.25, 0.3) is 0 Å². The van der Waals surface area contributed by atoms with Crippen LogP contribution in [0.3, 0.4) is 0 Å². The molecule has 1 heterocycles. The molecule has 3 rings (SSSR count). The van der Waals surface area contributed by atoms with Gasteiger partial charge in [-0.3, -0.25) is 0 Å². The van der Waals surface area contributed by atoms with Crippen molar-refractivity contribution in [2.45, 2.75) is 20.3 Å². The van der Waals surface area contributed by atoms with Crippen molar-refractivity contribution in [2.24, 2.45) is 0 Å². The Bertz CT molecular complexity index is 884. The van der Waals surface area contributed by atoms with Gasteiger partial charge in [-0.25, -0.2) is 0 Å². The van der Waals surface area contributed by atoms with Gasteiger partial charge in [0.1, 0.15) is 5.75 Å². The molecular formula is C21H25N5O. The van der Waals surface area contributed by atoms with Crippen molar-refractivity contribution in [1.29, 1.82) is 0 Å². The summed E-state index contributed by atoms with van der Waals surface area (Å²) >= 11 is 0. The predicted octanol–water partition coefficient (Wildman–Crippen LogP) is 4.00. The average molecular weight is 363 g/mol. The van der Waals surface area contributed by atoms with Crippen LogP contribution < -0.4 is 15.0 Å². The van der Waals surface area contributed by atoms with Gasteiger partial charge < -0.3 is 15.0 Å². The first kappa shape index (κ1) is 18.6. The maximum atomic E-state index is 5.26. The van der Waals surface area contributed by atoms with E-state index in [1.165, 1.54) is 11.1 Å². The maximum absolute atomic E-state index is 5.26. The molecule has 0 saturated carbocycles. The van der Waals surface area contributed by atoms with Crippen LogP contribution in [-0.2, 0) is 6.42 Å². The predicted molar refractivity (Wildman–Crippen MR) is 109 cm³/mol. The number of aromatic nitrogens is 3. The molecule has 6 heteroatoms. The first-order valence-corrected chi connectivity index (χ1v) is 9.10. The monoisotopic (exact) mass is 363 g/mol. The number of ether oxygens (including phenoxy) is 1. The van der Waals surface area contributed by atoms with E-state index in [0.717, 1.165) is 36.8 Å². The molecule has 0 aliphatic rings. The lowest BCUT2D eigenvalue weighted by molar-refractivity contribution is 0.414. The molecule has 0 bridgehead atoms. The van der Waals surface area contributed by atoms with Gasteiger partial charge in [0.15, 0.2) is 5.82 Å². The maximum Gasteiger partial charge on any atom is 0.244 e. The van der Waals surface area contributed by atoms with E-state index in [-0.39, 0.29) is 0 Å². The van der Waals surface area contributed by atoms with E-state index in [4.69, 9.17) is 4.74 Å². The lowest BCUT2D eigenvalue weighted by Gasteiger charge is -2.22. The highest BCUT2D eigenvalue weighted by molar-refractivity contribution is 5.60. The highest BCUT2D eigenvalue weighted by Crippen LogP contribution is 2.24. The molecule has 1 aromatic heterocycles. The van der Waals surface area contributed by atoms with Crippen LogP contribution in [0.15, 0.2) is 54.7 Å². The Morgan fingerprint density at radius 2 is 1.96 bits per heavy atom. The third kappa shape index (κ3) is 4.94. The van der Waals surface area contributed by atoms with Crippen molar-refractivity contribution in [3.8, 4) is 5.75 Å². The molecule has 27 heavy (non-hydrogen) atoms. The first-order valence-electron chi connectivity index (χ1n) is 9.10. The fourth-order valence-corrected chi connectivity index (χ4v) is 2.92. The molecule has 0 aliphatic carbocycles. The largest absolute Gasteiger partial charge is 0.497 e. The quantitative estimate of drug-likeness (QED) is 0.653. The van der Waals surface area contributed by atoms with E-state index in [1.54, 1.807) is 13.3 Å². The summed E-state index contributed by atoms with van der Waals surface area (Å²) in [6.45, 7) is 5.70. The van der Waals surface area contributed by atoms with E-state index in [2.05, 4.69) is 69.6 Å². The van der Waals surface area contributed by atoms with Gasteiger partial charge in [-0.15, -0.1) is 5.10 Å². The van der Waals surface area contributed by atoms with Gasteiger partial charge in [-0.2, -0.15) is 10.1 Å². The Hall–Kier alpha value is -3.15. The smallest absolute Gasteiger partial charge is 0.244 e. The van der Waals surface area contributed by atoms with Gasteiger partial charge in [0.05, 0.1) is 13.3 Å². The summed E-state index contributed by atoms with van der Waals surface area (Å²) in [7, 11) is 1.68. The van der Waals surface area contributed by atoms with Crippen molar-refractivity contribution in [1.82, 2.24) is 15.2 Å². The van der Waals surface area contributed by atoms with Crippen LogP contribution >= 0.6 is 0 Å². The Morgan fingerprint density at radius 3 is 2.74 bits per heavy atom. The third-order valence-electron chi connectivity index (χ3n) is 4.28. The third-order valence-corrected chi connectivity index (χ3v) is 4.28. The minimum Gasteiger partial charge on any atom is -0.497 e. The molecule has 0 unspecified atom stereocenters. The van der Waals surface area contributed by atoms with Gasteiger partial charge in [-0.1, -0.05) is 24.3 Å². The van der Waals surface area contributed by atoms with Gasteiger partial charge in [0.2, 0.25) is 5.95 Å². The molecule has 2 aromatic carbocycles. The standard InChI is InChI=1S/C21H25N5O/c1-4-26(18-9-5-7-16(2)13-18)20-15-23-25-21(24-20)22-12-11-17-8-6-10-19(14-17)27-3/h5-10,13-15H,4,11-12H2,1-3H3,(H,22,24,25). The molecule has 0 aliphatic heterocycles. The molecule has 6 nitrogen and oxygen atoms in total. The van der Waals surface area contributed by atoms with Crippen LogP contribution in [0.5, 0.6) is 5.75 Å². The minimum absolute atomic E-state index is 0.529. The normalized spacial score (nSPS) is 10.5. The Labute approximate surface area is 160 Å². The summed E-state index contributed by atoms with van der Waals surface area (Å²) < 4.78 is 5.26. The molecule has 0 spiro atoms. The van der Waals surface area contributed by atoms with Crippen molar-refractivity contribution in [3.63, 3.8) is 0 Å². The molecule has 1 N–H and O–H groups in total. The van der Waals surface area contributed by atoms with E-state index in [9.17, 15) is 0 Å². The summed E-state index contributed by atoms with van der Waals surface area (Å²) in [5.41, 5.74) is 3.51. The number of nitrogens with one attached hydrogen (secondary N) is 1. The summed E-state index contributed by atoms with van der Waals surface area (Å²) in [4.78, 5) is 6.75. The molecule has 0 atom stereocenters. The van der Waals surface area contributed by atoms with Gasteiger partial charge in [0, 0.05) is 18.8 Å². The Balaban J connectivity index is 1.67. The molecular weight excluding hydrogens is 338 g/mol. The molecule has 0 saturated heterocycles. The van der Waals surface area contributed by atoms with Crippen molar-refractivity contribution in [3.05, 3.63) is 65.9 Å². The highest BCUT2D eigenvalue weighted by atomic mass is 16.5. The number of hydrogen-bond donors (Lipinski definition) is 1. The second-order valence-corrected chi connectivity index (χ2v) is 6.25. The van der Waals surface area contributed by atoms with E-state index < -0.39 is 0 Å². The number of aryl methyl sites for hydroxylation is 1. The van der Waals surface area contributed by atoms with Crippen LogP contribution in [0.4, 0.5) is 17.5 Å². The number of anilines is 3. The summed E-state index contributed by atoms with van der Waals surface area (Å²) in [6, 6.07) is 16.4. The number of methoxy groups -OCH3 is 1. The minimum atomic E-state index is 0.529.